The van der Waals surface area contributed by atoms with Gasteiger partial charge in [0.25, 0.3) is 23.6 Å². The Labute approximate surface area is 815 Å². The van der Waals surface area contributed by atoms with Crippen LogP contribution in [0.2, 0.25) is 10.0 Å². The van der Waals surface area contributed by atoms with Crippen LogP contribution in [0.5, 0.6) is 28.7 Å². The molecule has 8 aliphatic rings. The number of benzene rings is 8. The summed E-state index contributed by atoms with van der Waals surface area (Å²) in [6, 6.07) is 31.3. The molecule has 8 aromatic carbocycles. The van der Waals surface area contributed by atoms with Crippen LogP contribution in [0.3, 0.4) is 0 Å². The van der Waals surface area contributed by atoms with Crippen LogP contribution in [-0.4, -0.2) is 187 Å². The number of hydrogen-bond donors (Lipinski definition) is 4. The Morgan fingerprint density at radius 2 is 0.743 bits per heavy atom. The van der Waals surface area contributed by atoms with Crippen molar-refractivity contribution in [3.05, 3.63) is 251 Å². The predicted molar refractivity (Wildman–Crippen MR) is 500 cm³/mol. The Kier molecular flexibility index (Phi) is 34.7. The van der Waals surface area contributed by atoms with Crippen molar-refractivity contribution in [2.24, 2.45) is 23.7 Å². The van der Waals surface area contributed by atoms with E-state index < -0.39 is 117 Å². The van der Waals surface area contributed by atoms with E-state index in [0.717, 1.165) is 187 Å². The molecular formula is C97H108Cl2F12N8O17S4. The fraction of sp³-hybridized carbons (Fsp3) is 0.464. The molecule has 4 saturated heterocycles. The maximum absolute atomic E-state index is 14.7. The largest absolute Gasteiger partial charge is 0.573 e. The van der Waals surface area contributed by atoms with E-state index in [4.69, 9.17) is 42.1 Å². The Bertz CT molecular complexity index is 6320. The van der Waals surface area contributed by atoms with Gasteiger partial charge >= 0.3 is 12.5 Å². The summed E-state index contributed by atoms with van der Waals surface area (Å²) in [6.07, 6.45) is 5.40. The highest BCUT2D eigenvalue weighted by molar-refractivity contribution is 7.90. The van der Waals surface area contributed by atoms with E-state index in [1.807, 2.05) is 28.7 Å². The molecule has 140 heavy (non-hydrogen) atoms. The number of sulfonamides is 4. The fourth-order valence-electron chi connectivity index (χ4n) is 17.4. The molecule has 2 atom stereocenters. The van der Waals surface area contributed by atoms with Gasteiger partial charge in [-0.25, -0.2) is 78.9 Å². The summed E-state index contributed by atoms with van der Waals surface area (Å²) in [7, 11) is -15.3. The van der Waals surface area contributed by atoms with Crippen LogP contribution < -0.4 is 42.6 Å². The maximum Gasteiger partial charge on any atom is 0.573 e. The Morgan fingerprint density at radius 3 is 1.07 bits per heavy atom. The highest BCUT2D eigenvalue weighted by Crippen LogP contribution is 2.50. The second-order valence-electron chi connectivity index (χ2n) is 37.0. The molecule has 43 heteroatoms. The van der Waals surface area contributed by atoms with Gasteiger partial charge in [0.2, 0.25) is 40.1 Å². The Hall–Kier alpha value is -9.98. The smallest absolute Gasteiger partial charge is 0.493 e. The SMILES string of the molecule is CC(c1ccc(OC(F)(F)F)cc1)N1CC(COc2cc(F)c(C(=O)NS(C)(=O)=O)cc2C2CC2)C1.CCC(c1cc(Cl)cc(Cl)c1)N1CC(COc2cc(F)c(C(=O)NS(C)(=O)=O)cc2C2CC2)C1.CS(=O)(=O)NC(=O)c1cc(C2CC2)c(OCC2CCN(Cc3ccc(F)c(F)c3)CC2)cc1F.CS(=O)(=O)NC(=O)c1cc(C2CC2)c(OCC2CCN(Cc3ccccc3C(F)(F)F)CC2)cc1F. The van der Waals surface area contributed by atoms with Crippen LogP contribution in [0.15, 0.2) is 133 Å². The van der Waals surface area contributed by atoms with E-state index in [0.29, 0.717) is 103 Å². The molecule has 4 aliphatic carbocycles. The summed E-state index contributed by atoms with van der Waals surface area (Å²) in [5, 5.41) is 1.23. The average Bonchev–Trinajstić information content (AvgIpc) is 1.57. The molecule has 8 aromatic rings. The molecule has 0 aromatic heterocycles. The van der Waals surface area contributed by atoms with Gasteiger partial charge in [-0.2, -0.15) is 13.2 Å². The summed E-state index contributed by atoms with van der Waals surface area (Å²) in [6.45, 7) is 12.2. The molecule has 0 radical (unpaired) electrons. The van der Waals surface area contributed by atoms with Crippen LogP contribution in [0, 0.1) is 58.6 Å². The van der Waals surface area contributed by atoms with Gasteiger partial charge in [-0.15, -0.1) is 13.2 Å². The lowest BCUT2D eigenvalue weighted by Crippen LogP contribution is -2.50. The molecule has 16 rings (SSSR count). The van der Waals surface area contributed by atoms with Gasteiger partial charge in [-0.05, 0) is 269 Å². The van der Waals surface area contributed by atoms with Gasteiger partial charge in [0.15, 0.2) is 11.6 Å². The molecule has 8 fully saturated rings. The van der Waals surface area contributed by atoms with Gasteiger partial charge in [0.05, 0.1) is 79.3 Å². The van der Waals surface area contributed by atoms with Crippen molar-refractivity contribution in [1.82, 2.24) is 38.5 Å². The van der Waals surface area contributed by atoms with Crippen LogP contribution in [0.1, 0.15) is 225 Å². The zero-order chi connectivity index (χ0) is 101. The highest BCUT2D eigenvalue weighted by Gasteiger charge is 2.41. The van der Waals surface area contributed by atoms with Crippen molar-refractivity contribution in [2.75, 3.05) is 104 Å². The minimum absolute atomic E-state index is 0.0201. The first-order chi connectivity index (χ1) is 65.8. The second kappa shape index (κ2) is 45.3. The molecule has 4 heterocycles. The third kappa shape index (κ3) is 31.3. The topological polar surface area (TPSA) is 312 Å². The van der Waals surface area contributed by atoms with Crippen molar-refractivity contribution in [3.63, 3.8) is 0 Å². The Balaban J connectivity index is 0.000000157. The van der Waals surface area contributed by atoms with Crippen molar-refractivity contribution in [3.8, 4) is 28.7 Å². The van der Waals surface area contributed by atoms with Crippen LogP contribution in [-0.2, 0) is 59.4 Å². The molecule has 4 aliphatic heterocycles. The molecule has 4 N–H and O–H groups in total. The first kappa shape index (κ1) is 107. The third-order valence-corrected chi connectivity index (χ3v) is 27.8. The van der Waals surface area contributed by atoms with Gasteiger partial charge < -0.3 is 23.7 Å². The van der Waals surface area contributed by atoms with Gasteiger partial charge in [0, 0.05) is 97.5 Å². The highest BCUT2D eigenvalue weighted by atomic mass is 35.5. The lowest BCUT2D eigenvalue weighted by atomic mass is 9.93. The van der Waals surface area contributed by atoms with Gasteiger partial charge in [-0.1, -0.05) is 66.5 Å². The molecule has 4 amide bonds. The quantitative estimate of drug-likeness (QED) is 0.0272. The number of halogens is 14. The normalized spacial score (nSPS) is 17.7. The molecule has 0 bridgehead atoms. The molecule has 4 saturated carbocycles. The summed E-state index contributed by atoms with van der Waals surface area (Å²) < 4.78 is 288. The van der Waals surface area contributed by atoms with Crippen LogP contribution in [0.4, 0.5) is 52.7 Å². The zero-order valence-corrected chi connectivity index (χ0v) is 82.0. The third-order valence-electron chi connectivity index (χ3n) is 25.2. The minimum atomic E-state index is -4.73. The summed E-state index contributed by atoms with van der Waals surface area (Å²) in [4.78, 5) is 57.4. The number of alkyl halides is 6. The van der Waals surface area contributed by atoms with Gasteiger partial charge in [-0.3, -0.25) is 38.8 Å². The molecule has 2 unspecified atom stereocenters. The van der Waals surface area contributed by atoms with Gasteiger partial charge in [0.1, 0.15) is 52.0 Å². The first-order valence-electron chi connectivity index (χ1n) is 45.6. The first-order valence-corrected chi connectivity index (χ1v) is 53.9. The number of amides is 4. The summed E-state index contributed by atoms with van der Waals surface area (Å²) in [5.41, 5.74) is 3.83. The van der Waals surface area contributed by atoms with E-state index >= 15 is 0 Å². The number of nitrogens with zero attached hydrogens (tertiary/aromatic N) is 4. The van der Waals surface area contributed by atoms with Crippen molar-refractivity contribution in [2.45, 2.75) is 159 Å². The van der Waals surface area contributed by atoms with E-state index in [1.165, 1.54) is 66.7 Å². The number of piperidine rings is 2. The van der Waals surface area contributed by atoms with E-state index in [9.17, 15) is 106 Å². The molecule has 25 nitrogen and oxygen atoms in total. The van der Waals surface area contributed by atoms with Crippen LogP contribution in [0.25, 0.3) is 0 Å². The molecule has 0 spiro atoms. The summed E-state index contributed by atoms with van der Waals surface area (Å²) >= 11 is 12.4. The predicted octanol–water partition coefficient (Wildman–Crippen LogP) is 18.2. The number of carbonyl (C=O) groups is 4. The van der Waals surface area contributed by atoms with Crippen LogP contribution >= 0.6 is 23.2 Å². The van der Waals surface area contributed by atoms with E-state index in [-0.39, 0.29) is 99.5 Å². The number of nitrogens with one attached hydrogen (secondary N) is 4. The second-order valence-corrected chi connectivity index (χ2v) is 44.9. The molecular weight excluding hydrogens is 1980 g/mol. The number of likely N-dealkylation sites (tertiary alicyclic amines) is 4. The lowest BCUT2D eigenvalue weighted by Gasteiger charge is -2.44. The van der Waals surface area contributed by atoms with E-state index in [1.54, 1.807) is 44.5 Å². The standard InChI is InChI=1S/C25H28F4N2O4S.C24H27Cl2FN2O4S.C24H26F4N2O5S.C24H27F3N2O4S/c1-36(33,34)30-24(32)20-12-19(17-6-7-17)23(13-22(20)26)35-15-16-8-10-31(11-9-16)14-18-4-2-3-5-21(18)25(27,28)29;1-3-22(16-6-17(25)8-18(26)7-16)29-11-14(12-29)13-33-23-10-21(27)20(9-19(23)15-4-5-15)24(30)28-34(2,31)32;1-14(16-5-7-18(8-6-16)35-24(26,27)28)30-11-15(12-30)13-34-22-10-21(25)20(9-19(22)17-3-4-17)23(31)29-36(2,32)33;1-34(31,32)28-24(30)19-11-18(17-3-4-17)23(12-21(19)26)33-14-15-6-8-29(9-7-15)13-16-2-5-20(25)22(27)10-16/h2-5,12-13,16-17H,6-11,14-15H2,1H3,(H,30,32);6-10,14-15,22H,3-5,11-13H2,1-2H3,(H,28,30);5-10,14-15,17H,3-4,11-13H2,1-2H3,(H,29,31);2,5,10-12,15,17H,3-4,6-9,13-14H2,1H3,(H,28,30). The minimum Gasteiger partial charge on any atom is -0.493 e. The number of carbonyl (C=O) groups excluding carboxylic acids is 4. The number of ether oxygens (including phenoxy) is 5. The number of hydrogen-bond acceptors (Lipinski definition) is 21. The Morgan fingerprint density at radius 1 is 0.400 bits per heavy atom. The lowest BCUT2D eigenvalue weighted by molar-refractivity contribution is -0.274. The van der Waals surface area contributed by atoms with E-state index in [2.05, 4.69) is 26.4 Å². The monoisotopic (exact) mass is 2080 g/mol. The molecule has 760 valence electrons. The van der Waals surface area contributed by atoms with Crippen molar-refractivity contribution < 1.29 is 129 Å². The maximum atomic E-state index is 14.7. The average molecular weight is 2090 g/mol. The zero-order valence-electron chi connectivity index (χ0n) is 77.2. The fourth-order valence-corrected chi connectivity index (χ4v) is 19.7. The summed E-state index contributed by atoms with van der Waals surface area (Å²) in [5.74, 6) is -6.40. The number of rotatable bonds is 34. The van der Waals surface area contributed by atoms with Crippen molar-refractivity contribution in [1.29, 1.82) is 0 Å². The van der Waals surface area contributed by atoms with Crippen molar-refractivity contribution >= 4 is 86.9 Å².